The molecule has 0 spiro atoms. The minimum atomic E-state index is -0.584. The number of halogens is 2. The summed E-state index contributed by atoms with van der Waals surface area (Å²) in [5.41, 5.74) is 0.650. The highest BCUT2D eigenvalue weighted by atomic mass is 79.9. The SMILES string of the molecule is O=c1[nH]nc(-c2ccc(Br)c(Cl)c2)o1. The third kappa shape index (κ3) is 1.73. The van der Waals surface area contributed by atoms with Crippen LogP contribution in [-0.2, 0) is 0 Å². The molecular weight excluding hydrogens is 271 g/mol. The number of aromatic amines is 1. The number of benzene rings is 1. The summed E-state index contributed by atoms with van der Waals surface area (Å²) in [6.45, 7) is 0. The van der Waals surface area contributed by atoms with Crippen LogP contribution in [0.1, 0.15) is 0 Å². The predicted molar refractivity (Wildman–Crippen MR) is 55.3 cm³/mol. The van der Waals surface area contributed by atoms with E-state index in [0.717, 1.165) is 4.47 Å². The highest BCUT2D eigenvalue weighted by molar-refractivity contribution is 9.10. The molecule has 0 bridgehead atoms. The van der Waals surface area contributed by atoms with Gasteiger partial charge < -0.3 is 4.42 Å². The summed E-state index contributed by atoms with van der Waals surface area (Å²) in [5, 5.41) is 6.39. The minimum absolute atomic E-state index is 0.226. The van der Waals surface area contributed by atoms with Gasteiger partial charge in [-0.05, 0) is 34.1 Å². The van der Waals surface area contributed by atoms with E-state index in [4.69, 9.17) is 16.0 Å². The first-order valence-corrected chi connectivity index (χ1v) is 4.85. The van der Waals surface area contributed by atoms with Gasteiger partial charge in [-0.1, -0.05) is 11.6 Å². The minimum Gasteiger partial charge on any atom is -0.388 e. The molecule has 0 aliphatic rings. The van der Waals surface area contributed by atoms with Gasteiger partial charge >= 0.3 is 5.76 Å². The van der Waals surface area contributed by atoms with Crippen LogP contribution in [-0.4, -0.2) is 10.2 Å². The van der Waals surface area contributed by atoms with E-state index in [2.05, 4.69) is 26.1 Å². The molecule has 2 rings (SSSR count). The molecule has 0 fully saturated rings. The fourth-order valence-corrected chi connectivity index (χ4v) is 1.41. The van der Waals surface area contributed by atoms with Crippen molar-refractivity contribution in [1.82, 2.24) is 10.2 Å². The molecule has 0 aliphatic carbocycles. The van der Waals surface area contributed by atoms with E-state index in [-0.39, 0.29) is 5.89 Å². The van der Waals surface area contributed by atoms with Crippen molar-refractivity contribution in [3.8, 4) is 11.5 Å². The summed E-state index contributed by atoms with van der Waals surface area (Å²) >= 11 is 9.12. The van der Waals surface area contributed by atoms with Crippen LogP contribution in [0.4, 0.5) is 0 Å². The number of rotatable bonds is 1. The zero-order valence-corrected chi connectivity index (χ0v) is 9.09. The lowest BCUT2D eigenvalue weighted by Crippen LogP contribution is -1.93. The fraction of sp³-hybridized carbons (Fsp3) is 0. The largest absolute Gasteiger partial charge is 0.434 e. The lowest BCUT2D eigenvalue weighted by molar-refractivity contribution is 0.527. The Bertz CT molecular complexity index is 520. The maximum atomic E-state index is 10.7. The lowest BCUT2D eigenvalue weighted by Gasteiger charge is -1.97. The second-order valence-electron chi connectivity index (χ2n) is 2.55. The van der Waals surface area contributed by atoms with E-state index in [1.54, 1.807) is 18.2 Å². The van der Waals surface area contributed by atoms with Gasteiger partial charge in [0.15, 0.2) is 0 Å². The Morgan fingerprint density at radius 1 is 1.50 bits per heavy atom. The van der Waals surface area contributed by atoms with Crippen LogP contribution < -0.4 is 5.76 Å². The van der Waals surface area contributed by atoms with Crippen molar-refractivity contribution in [3.63, 3.8) is 0 Å². The number of hydrogen-bond donors (Lipinski definition) is 1. The highest BCUT2D eigenvalue weighted by Gasteiger charge is 2.06. The molecular formula is C8H4BrClN2O2. The van der Waals surface area contributed by atoms with Crippen molar-refractivity contribution in [3.05, 3.63) is 38.2 Å². The summed E-state index contributed by atoms with van der Waals surface area (Å²) in [4.78, 5) is 10.7. The average Bonchev–Trinajstić information content (AvgIpc) is 2.57. The third-order valence-corrected chi connectivity index (χ3v) is 2.84. The van der Waals surface area contributed by atoms with E-state index in [9.17, 15) is 4.79 Å². The Morgan fingerprint density at radius 3 is 2.86 bits per heavy atom. The summed E-state index contributed by atoms with van der Waals surface area (Å²) < 4.78 is 5.55. The van der Waals surface area contributed by atoms with E-state index in [0.29, 0.717) is 10.6 Å². The quantitative estimate of drug-likeness (QED) is 0.869. The standard InChI is InChI=1S/C8H4BrClN2O2/c9-5-2-1-4(3-6(5)10)7-11-12-8(13)14-7/h1-3H,(H,12,13). The van der Waals surface area contributed by atoms with Crippen LogP contribution in [0.2, 0.25) is 5.02 Å². The van der Waals surface area contributed by atoms with Crippen molar-refractivity contribution >= 4 is 27.5 Å². The van der Waals surface area contributed by atoms with Gasteiger partial charge in [0.25, 0.3) is 0 Å². The molecule has 0 saturated carbocycles. The van der Waals surface area contributed by atoms with Crippen molar-refractivity contribution in [2.75, 3.05) is 0 Å². The Morgan fingerprint density at radius 2 is 2.29 bits per heavy atom. The van der Waals surface area contributed by atoms with E-state index >= 15 is 0 Å². The molecule has 72 valence electrons. The number of aromatic nitrogens is 2. The van der Waals surface area contributed by atoms with E-state index in [1.165, 1.54) is 0 Å². The van der Waals surface area contributed by atoms with Crippen molar-refractivity contribution < 1.29 is 4.42 Å². The van der Waals surface area contributed by atoms with Gasteiger partial charge in [-0.3, -0.25) is 0 Å². The van der Waals surface area contributed by atoms with E-state index < -0.39 is 5.76 Å². The van der Waals surface area contributed by atoms with Gasteiger partial charge in [-0.25, -0.2) is 9.89 Å². The van der Waals surface area contributed by atoms with Crippen LogP contribution in [0.3, 0.4) is 0 Å². The van der Waals surface area contributed by atoms with Gasteiger partial charge in [0, 0.05) is 10.0 Å². The van der Waals surface area contributed by atoms with Crippen molar-refractivity contribution in [2.24, 2.45) is 0 Å². The first-order chi connectivity index (χ1) is 6.66. The molecule has 0 unspecified atom stereocenters. The molecule has 14 heavy (non-hydrogen) atoms. The maximum Gasteiger partial charge on any atom is 0.434 e. The monoisotopic (exact) mass is 274 g/mol. The second kappa shape index (κ2) is 3.59. The molecule has 0 atom stereocenters. The second-order valence-corrected chi connectivity index (χ2v) is 3.81. The van der Waals surface area contributed by atoms with Gasteiger partial charge in [-0.2, -0.15) is 0 Å². The summed E-state index contributed by atoms with van der Waals surface area (Å²) in [6.07, 6.45) is 0. The molecule has 6 heteroatoms. The molecule has 0 amide bonds. The number of H-pyrrole nitrogens is 1. The molecule has 0 aliphatic heterocycles. The zero-order valence-electron chi connectivity index (χ0n) is 6.75. The predicted octanol–water partition coefficient (Wildman–Crippen LogP) is 2.45. The van der Waals surface area contributed by atoms with Crippen LogP contribution in [0.5, 0.6) is 0 Å². The van der Waals surface area contributed by atoms with Crippen LogP contribution in [0.15, 0.2) is 31.9 Å². The number of nitrogens with zero attached hydrogens (tertiary/aromatic N) is 1. The number of nitrogens with one attached hydrogen (secondary N) is 1. The maximum absolute atomic E-state index is 10.7. The van der Waals surface area contributed by atoms with Crippen LogP contribution >= 0.6 is 27.5 Å². The zero-order chi connectivity index (χ0) is 10.1. The molecule has 0 saturated heterocycles. The number of hydrogen-bond acceptors (Lipinski definition) is 3. The lowest BCUT2D eigenvalue weighted by atomic mass is 10.2. The Kier molecular flexibility index (Phi) is 2.43. The third-order valence-electron chi connectivity index (χ3n) is 1.60. The van der Waals surface area contributed by atoms with Crippen LogP contribution in [0.25, 0.3) is 11.5 Å². The van der Waals surface area contributed by atoms with Gasteiger partial charge in [0.2, 0.25) is 5.89 Å². The Hall–Kier alpha value is -1.07. The normalized spacial score (nSPS) is 10.4. The molecule has 1 N–H and O–H groups in total. The van der Waals surface area contributed by atoms with Gasteiger partial charge in [0.1, 0.15) is 0 Å². The molecule has 1 heterocycles. The van der Waals surface area contributed by atoms with Crippen LogP contribution in [0, 0.1) is 0 Å². The van der Waals surface area contributed by atoms with E-state index in [1.807, 2.05) is 0 Å². The summed E-state index contributed by atoms with van der Waals surface area (Å²) in [6, 6.07) is 5.16. The smallest absolute Gasteiger partial charge is 0.388 e. The van der Waals surface area contributed by atoms with Crippen molar-refractivity contribution in [2.45, 2.75) is 0 Å². The van der Waals surface area contributed by atoms with Gasteiger partial charge in [0.05, 0.1) is 5.02 Å². The average molecular weight is 275 g/mol. The molecule has 2 aromatic rings. The fourth-order valence-electron chi connectivity index (χ4n) is 0.982. The topological polar surface area (TPSA) is 58.9 Å². The summed E-state index contributed by atoms with van der Waals surface area (Å²) in [7, 11) is 0. The Labute approximate surface area is 92.0 Å². The molecule has 0 radical (unpaired) electrons. The first-order valence-electron chi connectivity index (χ1n) is 3.68. The molecule has 1 aromatic heterocycles. The summed E-state index contributed by atoms with van der Waals surface area (Å²) in [5.74, 6) is -0.358. The Balaban J connectivity index is 2.52. The first kappa shape index (κ1) is 9.48. The highest BCUT2D eigenvalue weighted by Crippen LogP contribution is 2.27. The molecule has 4 nitrogen and oxygen atoms in total. The van der Waals surface area contributed by atoms with Crippen molar-refractivity contribution in [1.29, 1.82) is 0 Å². The van der Waals surface area contributed by atoms with Gasteiger partial charge in [-0.15, -0.1) is 5.10 Å². The molecule has 1 aromatic carbocycles.